The summed E-state index contributed by atoms with van der Waals surface area (Å²) in [6, 6.07) is 7.55. The van der Waals surface area contributed by atoms with E-state index in [9.17, 15) is 23.6 Å². The van der Waals surface area contributed by atoms with E-state index in [-0.39, 0.29) is 22.9 Å². The van der Waals surface area contributed by atoms with E-state index in [2.05, 4.69) is 4.72 Å². The van der Waals surface area contributed by atoms with E-state index in [1.165, 1.54) is 19.3 Å². The molecule has 2 aromatic rings. The molecule has 0 saturated heterocycles. The van der Waals surface area contributed by atoms with Crippen LogP contribution in [0.3, 0.4) is 0 Å². The lowest BCUT2D eigenvalue weighted by Crippen LogP contribution is -2.38. The van der Waals surface area contributed by atoms with Gasteiger partial charge >= 0.3 is 0 Å². The van der Waals surface area contributed by atoms with E-state index in [1.54, 1.807) is 6.07 Å². The number of rotatable bonds is 6. The number of nitro groups is 1. The SMILES string of the molecule is CC(O)(CNS(=O)(=O)c1ccc([N+](=O)[O-])cc1)c1ccco1. The number of furan rings is 1. The van der Waals surface area contributed by atoms with Gasteiger partial charge in [-0.2, -0.15) is 0 Å². The number of sulfonamides is 1. The molecule has 0 aliphatic heterocycles. The Kier molecular flexibility index (Phi) is 4.31. The second kappa shape index (κ2) is 5.87. The minimum absolute atomic E-state index is 0.131. The average molecular weight is 326 g/mol. The Hall–Kier alpha value is -2.23. The van der Waals surface area contributed by atoms with Gasteiger partial charge in [-0.1, -0.05) is 0 Å². The maximum absolute atomic E-state index is 12.1. The molecule has 1 aromatic carbocycles. The largest absolute Gasteiger partial charge is 0.466 e. The molecule has 0 radical (unpaired) electrons. The van der Waals surface area contributed by atoms with Crippen LogP contribution >= 0.6 is 0 Å². The Bertz CT molecular complexity index is 750. The zero-order valence-electron chi connectivity index (χ0n) is 11.6. The molecule has 0 amide bonds. The summed E-state index contributed by atoms with van der Waals surface area (Å²) in [6.07, 6.45) is 1.37. The second-order valence-electron chi connectivity index (χ2n) is 4.83. The maximum atomic E-state index is 12.1. The molecule has 1 heterocycles. The lowest BCUT2D eigenvalue weighted by molar-refractivity contribution is -0.384. The summed E-state index contributed by atoms with van der Waals surface area (Å²) >= 11 is 0. The van der Waals surface area contributed by atoms with Gasteiger partial charge in [-0.15, -0.1) is 0 Å². The smallest absolute Gasteiger partial charge is 0.269 e. The Morgan fingerprint density at radius 2 is 1.95 bits per heavy atom. The highest BCUT2D eigenvalue weighted by Gasteiger charge is 2.28. The number of aliphatic hydroxyl groups is 1. The molecule has 1 aromatic heterocycles. The highest BCUT2D eigenvalue weighted by Crippen LogP contribution is 2.21. The third kappa shape index (κ3) is 3.50. The topological polar surface area (TPSA) is 123 Å². The molecule has 0 aliphatic rings. The van der Waals surface area contributed by atoms with Crippen molar-refractivity contribution in [3.63, 3.8) is 0 Å². The summed E-state index contributed by atoms with van der Waals surface area (Å²) in [6.45, 7) is 1.10. The lowest BCUT2D eigenvalue weighted by Gasteiger charge is -2.21. The minimum Gasteiger partial charge on any atom is -0.466 e. The van der Waals surface area contributed by atoms with Crippen LogP contribution in [0.5, 0.6) is 0 Å². The average Bonchev–Trinajstić information content (AvgIpc) is 3.00. The second-order valence-corrected chi connectivity index (χ2v) is 6.59. The number of hydrogen-bond acceptors (Lipinski definition) is 6. The number of nitrogens with one attached hydrogen (secondary N) is 1. The Labute approximate surface area is 126 Å². The summed E-state index contributed by atoms with van der Waals surface area (Å²) < 4.78 is 31.5. The third-order valence-electron chi connectivity index (χ3n) is 3.02. The number of non-ortho nitro benzene ring substituents is 1. The van der Waals surface area contributed by atoms with Crippen molar-refractivity contribution in [2.75, 3.05) is 6.54 Å². The lowest BCUT2D eigenvalue weighted by atomic mass is 10.1. The predicted molar refractivity (Wildman–Crippen MR) is 76.6 cm³/mol. The standard InChI is InChI=1S/C13H14N2O6S/c1-13(16,12-3-2-8-21-12)9-14-22(19,20)11-6-4-10(5-7-11)15(17)18/h2-8,14,16H,9H2,1H3. The molecule has 2 rings (SSSR count). The van der Waals surface area contributed by atoms with Crippen LogP contribution in [-0.4, -0.2) is 25.0 Å². The molecule has 0 spiro atoms. The van der Waals surface area contributed by atoms with Crippen molar-refractivity contribution in [3.8, 4) is 0 Å². The summed E-state index contributed by atoms with van der Waals surface area (Å²) in [5.74, 6) is 0.221. The van der Waals surface area contributed by atoms with Gasteiger partial charge in [-0.05, 0) is 31.2 Å². The van der Waals surface area contributed by atoms with Crippen LogP contribution in [-0.2, 0) is 15.6 Å². The van der Waals surface area contributed by atoms with Crippen LogP contribution in [0.4, 0.5) is 5.69 Å². The molecule has 1 unspecified atom stereocenters. The van der Waals surface area contributed by atoms with Crippen molar-refractivity contribution < 1.29 is 22.9 Å². The third-order valence-corrected chi connectivity index (χ3v) is 4.43. The molecular weight excluding hydrogens is 312 g/mol. The molecular formula is C13H14N2O6S. The highest BCUT2D eigenvalue weighted by molar-refractivity contribution is 7.89. The van der Waals surface area contributed by atoms with E-state index in [1.807, 2.05) is 0 Å². The summed E-state index contributed by atoms with van der Waals surface area (Å²) in [7, 11) is -3.90. The van der Waals surface area contributed by atoms with Gasteiger partial charge in [0.1, 0.15) is 11.4 Å². The molecule has 9 heteroatoms. The maximum Gasteiger partial charge on any atom is 0.269 e. The van der Waals surface area contributed by atoms with Gasteiger partial charge in [0.05, 0.1) is 16.1 Å². The molecule has 22 heavy (non-hydrogen) atoms. The number of benzene rings is 1. The van der Waals surface area contributed by atoms with Crippen LogP contribution in [0.15, 0.2) is 52.0 Å². The van der Waals surface area contributed by atoms with Crippen molar-refractivity contribution in [1.82, 2.24) is 4.72 Å². The molecule has 1 atom stereocenters. The number of hydrogen-bond donors (Lipinski definition) is 2. The fraction of sp³-hybridized carbons (Fsp3) is 0.231. The predicted octanol–water partition coefficient (Wildman–Crippen LogP) is 1.37. The molecule has 118 valence electrons. The Balaban J connectivity index is 2.13. The number of nitrogens with zero attached hydrogens (tertiary/aromatic N) is 1. The molecule has 0 fully saturated rings. The van der Waals surface area contributed by atoms with E-state index < -0.39 is 20.5 Å². The van der Waals surface area contributed by atoms with E-state index in [0.717, 1.165) is 24.3 Å². The van der Waals surface area contributed by atoms with Crippen molar-refractivity contribution >= 4 is 15.7 Å². The molecule has 2 N–H and O–H groups in total. The minimum atomic E-state index is -3.90. The monoisotopic (exact) mass is 326 g/mol. The normalized spacial score (nSPS) is 14.5. The van der Waals surface area contributed by atoms with Crippen molar-refractivity contribution in [2.45, 2.75) is 17.4 Å². The van der Waals surface area contributed by atoms with Crippen LogP contribution in [0.1, 0.15) is 12.7 Å². The van der Waals surface area contributed by atoms with E-state index >= 15 is 0 Å². The van der Waals surface area contributed by atoms with Crippen LogP contribution < -0.4 is 4.72 Å². The molecule has 0 bridgehead atoms. The first-order valence-corrected chi connectivity index (χ1v) is 7.71. The van der Waals surface area contributed by atoms with Gasteiger partial charge in [0, 0.05) is 18.7 Å². The van der Waals surface area contributed by atoms with E-state index in [4.69, 9.17) is 4.42 Å². The van der Waals surface area contributed by atoms with Crippen LogP contribution in [0.2, 0.25) is 0 Å². The fourth-order valence-electron chi connectivity index (χ4n) is 1.74. The number of nitro benzene ring substituents is 1. The van der Waals surface area contributed by atoms with Gasteiger partial charge < -0.3 is 9.52 Å². The molecule has 8 nitrogen and oxygen atoms in total. The van der Waals surface area contributed by atoms with Gasteiger partial charge in [-0.25, -0.2) is 13.1 Å². The van der Waals surface area contributed by atoms with Crippen molar-refractivity contribution in [2.24, 2.45) is 0 Å². The summed E-state index contributed by atoms with van der Waals surface area (Å²) in [5, 5.41) is 20.7. The zero-order valence-corrected chi connectivity index (χ0v) is 12.4. The van der Waals surface area contributed by atoms with Crippen molar-refractivity contribution in [1.29, 1.82) is 0 Å². The first-order chi connectivity index (χ1) is 10.2. The van der Waals surface area contributed by atoms with Crippen LogP contribution in [0, 0.1) is 10.1 Å². The Morgan fingerprint density at radius 1 is 1.32 bits per heavy atom. The van der Waals surface area contributed by atoms with Crippen molar-refractivity contribution in [3.05, 3.63) is 58.5 Å². The fourth-order valence-corrected chi connectivity index (χ4v) is 2.87. The van der Waals surface area contributed by atoms with Gasteiger partial charge in [0.15, 0.2) is 0 Å². The van der Waals surface area contributed by atoms with Crippen LogP contribution in [0.25, 0.3) is 0 Å². The quantitative estimate of drug-likeness (QED) is 0.610. The Morgan fingerprint density at radius 3 is 2.45 bits per heavy atom. The summed E-state index contributed by atoms with van der Waals surface area (Å²) in [4.78, 5) is 9.80. The van der Waals surface area contributed by atoms with Gasteiger partial charge in [0.25, 0.3) is 5.69 Å². The first kappa shape index (κ1) is 16.1. The zero-order chi connectivity index (χ0) is 16.4. The first-order valence-electron chi connectivity index (χ1n) is 6.23. The summed E-state index contributed by atoms with van der Waals surface area (Å²) in [5.41, 5.74) is -1.72. The molecule has 0 saturated carbocycles. The molecule has 0 aliphatic carbocycles. The van der Waals surface area contributed by atoms with E-state index in [0.29, 0.717) is 0 Å². The highest BCUT2D eigenvalue weighted by atomic mass is 32.2. The van der Waals surface area contributed by atoms with Gasteiger partial charge in [0.2, 0.25) is 10.0 Å². The van der Waals surface area contributed by atoms with Gasteiger partial charge in [-0.3, -0.25) is 10.1 Å².